The van der Waals surface area contributed by atoms with Crippen LogP contribution >= 0.6 is 28.7 Å². The average Bonchev–Trinajstić information content (AvgIpc) is 3.19. The van der Waals surface area contributed by atoms with E-state index >= 15 is 0 Å². The van der Waals surface area contributed by atoms with Crippen LogP contribution in [0.2, 0.25) is 0 Å². The molecule has 0 aliphatic heterocycles. The summed E-state index contributed by atoms with van der Waals surface area (Å²) in [7, 11) is 2.96. The molecule has 0 bridgehead atoms. The summed E-state index contributed by atoms with van der Waals surface area (Å²) in [5.74, 6) is 0.498. The number of nitrogens with zero attached hydrogens (tertiary/aromatic N) is 2. The lowest BCUT2D eigenvalue weighted by Crippen LogP contribution is -2.07. The summed E-state index contributed by atoms with van der Waals surface area (Å²) in [6.07, 6.45) is 0. The highest BCUT2D eigenvalue weighted by molar-refractivity contribution is 8.93. The Kier molecular flexibility index (Phi) is 8.30. The molecule has 4 aromatic rings. The van der Waals surface area contributed by atoms with Crippen LogP contribution in [0.15, 0.2) is 78.0 Å². The summed E-state index contributed by atoms with van der Waals surface area (Å²) in [6, 6.07) is 22.4. The molecular weight excluding hydrogens is 504 g/mol. The predicted octanol–water partition coefficient (Wildman–Crippen LogP) is 5.43. The van der Waals surface area contributed by atoms with Gasteiger partial charge in [0.15, 0.2) is 10.9 Å². The highest BCUT2D eigenvalue weighted by atomic mass is 79.9. The Hall–Kier alpha value is -3.10. The maximum Gasteiger partial charge on any atom is 0.337 e. The standard InChI is InChI=1S/C25H22N2O4S.BrH/c1-30-20-12-13-22-21(14-20)26-25(27(22)15-17-6-4-3-5-7-17)32-16-23(28)18-8-10-19(11-9-18)24(29)31-2;/h3-14H,15-16H2,1-2H3;1H. The topological polar surface area (TPSA) is 70.4 Å². The van der Waals surface area contributed by atoms with Crippen LogP contribution in [0.4, 0.5) is 0 Å². The third-order valence-electron chi connectivity index (χ3n) is 5.06. The molecule has 3 aromatic carbocycles. The Morgan fingerprint density at radius 1 is 0.939 bits per heavy atom. The average molecular weight is 527 g/mol. The molecule has 6 nitrogen and oxygen atoms in total. The smallest absolute Gasteiger partial charge is 0.337 e. The van der Waals surface area contributed by atoms with E-state index in [0.717, 1.165) is 27.5 Å². The molecule has 1 aromatic heterocycles. The molecule has 33 heavy (non-hydrogen) atoms. The first kappa shape index (κ1) is 24.5. The summed E-state index contributed by atoms with van der Waals surface area (Å²) in [4.78, 5) is 29.1. The van der Waals surface area contributed by atoms with Crippen LogP contribution in [0.25, 0.3) is 11.0 Å². The zero-order valence-corrected chi connectivity index (χ0v) is 20.7. The van der Waals surface area contributed by atoms with Crippen molar-refractivity contribution in [3.8, 4) is 5.75 Å². The number of aromatic nitrogens is 2. The molecule has 0 unspecified atom stereocenters. The number of ether oxygens (including phenoxy) is 2. The van der Waals surface area contributed by atoms with Gasteiger partial charge in [0.25, 0.3) is 0 Å². The number of Topliss-reactive ketones (excluding diaryl/α,β-unsaturated/α-hetero) is 1. The van der Waals surface area contributed by atoms with Gasteiger partial charge in [-0.2, -0.15) is 0 Å². The number of benzene rings is 3. The van der Waals surface area contributed by atoms with Gasteiger partial charge in [0, 0.05) is 11.6 Å². The largest absolute Gasteiger partial charge is 0.497 e. The number of imidazole rings is 1. The van der Waals surface area contributed by atoms with Gasteiger partial charge >= 0.3 is 5.97 Å². The van der Waals surface area contributed by atoms with Crippen molar-refractivity contribution in [1.82, 2.24) is 9.55 Å². The Bertz CT molecular complexity index is 1260. The Morgan fingerprint density at radius 3 is 2.30 bits per heavy atom. The summed E-state index contributed by atoms with van der Waals surface area (Å²) in [6.45, 7) is 0.647. The van der Waals surface area contributed by atoms with Crippen LogP contribution in [-0.4, -0.2) is 41.3 Å². The molecule has 0 saturated carbocycles. The number of carbonyl (C=O) groups is 2. The number of halogens is 1. The molecule has 8 heteroatoms. The quantitative estimate of drug-likeness (QED) is 0.173. The lowest BCUT2D eigenvalue weighted by molar-refractivity contribution is 0.0600. The van der Waals surface area contributed by atoms with E-state index in [0.29, 0.717) is 17.7 Å². The van der Waals surface area contributed by atoms with Crippen molar-refractivity contribution in [2.45, 2.75) is 11.7 Å². The molecule has 0 radical (unpaired) electrons. The monoisotopic (exact) mass is 526 g/mol. The fourth-order valence-corrected chi connectivity index (χ4v) is 4.28. The van der Waals surface area contributed by atoms with Gasteiger partial charge in [-0.3, -0.25) is 4.79 Å². The zero-order chi connectivity index (χ0) is 22.5. The van der Waals surface area contributed by atoms with Crippen LogP contribution in [0.5, 0.6) is 5.75 Å². The molecule has 0 fully saturated rings. The first-order chi connectivity index (χ1) is 15.6. The second kappa shape index (κ2) is 11.2. The first-order valence-corrected chi connectivity index (χ1v) is 11.0. The van der Waals surface area contributed by atoms with Crippen LogP contribution in [0.3, 0.4) is 0 Å². The van der Waals surface area contributed by atoms with Gasteiger partial charge in [-0.1, -0.05) is 54.2 Å². The Morgan fingerprint density at radius 2 is 1.64 bits per heavy atom. The summed E-state index contributed by atoms with van der Waals surface area (Å²) >= 11 is 1.39. The van der Waals surface area contributed by atoms with Crippen molar-refractivity contribution in [3.05, 3.63) is 89.5 Å². The highest BCUT2D eigenvalue weighted by Gasteiger charge is 2.16. The van der Waals surface area contributed by atoms with Crippen LogP contribution < -0.4 is 4.74 Å². The van der Waals surface area contributed by atoms with E-state index in [4.69, 9.17) is 14.5 Å². The molecule has 0 saturated heterocycles. The molecule has 0 atom stereocenters. The van der Waals surface area contributed by atoms with E-state index in [2.05, 4.69) is 16.7 Å². The van der Waals surface area contributed by atoms with E-state index in [-0.39, 0.29) is 28.5 Å². The fraction of sp³-hybridized carbons (Fsp3) is 0.160. The molecule has 170 valence electrons. The third-order valence-corrected chi connectivity index (χ3v) is 6.04. The summed E-state index contributed by atoms with van der Waals surface area (Å²) in [5.41, 5.74) is 3.90. The van der Waals surface area contributed by atoms with Gasteiger partial charge in [-0.25, -0.2) is 9.78 Å². The van der Waals surface area contributed by atoms with Crippen molar-refractivity contribution in [1.29, 1.82) is 0 Å². The fourth-order valence-electron chi connectivity index (χ4n) is 3.37. The third kappa shape index (κ3) is 5.64. The van der Waals surface area contributed by atoms with Gasteiger partial charge in [0.05, 0.1) is 43.1 Å². The van der Waals surface area contributed by atoms with E-state index in [1.807, 2.05) is 36.4 Å². The van der Waals surface area contributed by atoms with Gasteiger partial charge in [-0.05, 0) is 29.8 Å². The number of rotatable bonds is 8. The summed E-state index contributed by atoms with van der Waals surface area (Å²) < 4.78 is 12.2. The molecule has 0 aliphatic carbocycles. The Labute approximate surface area is 206 Å². The van der Waals surface area contributed by atoms with Crippen molar-refractivity contribution < 1.29 is 19.1 Å². The van der Waals surface area contributed by atoms with Gasteiger partial charge < -0.3 is 14.0 Å². The van der Waals surface area contributed by atoms with Gasteiger partial charge in [0.1, 0.15) is 5.75 Å². The Balaban J connectivity index is 0.00000306. The molecule has 0 aliphatic rings. The maximum absolute atomic E-state index is 12.8. The van der Waals surface area contributed by atoms with E-state index in [1.54, 1.807) is 31.4 Å². The van der Waals surface area contributed by atoms with E-state index < -0.39 is 5.97 Å². The van der Waals surface area contributed by atoms with Crippen LogP contribution in [0, 0.1) is 0 Å². The van der Waals surface area contributed by atoms with Crippen molar-refractivity contribution in [2.75, 3.05) is 20.0 Å². The minimum absolute atomic E-state index is 0. The lowest BCUT2D eigenvalue weighted by Gasteiger charge is -2.09. The molecule has 0 N–H and O–H groups in total. The second-order valence-electron chi connectivity index (χ2n) is 7.10. The number of thioether (sulfide) groups is 1. The highest BCUT2D eigenvalue weighted by Crippen LogP contribution is 2.28. The number of hydrogen-bond acceptors (Lipinski definition) is 6. The SMILES string of the molecule is Br.COC(=O)c1ccc(C(=O)CSc2nc3cc(OC)ccc3n2Cc2ccccc2)cc1. The molecule has 4 rings (SSSR count). The maximum atomic E-state index is 12.8. The number of esters is 1. The zero-order valence-electron chi connectivity index (χ0n) is 18.2. The minimum atomic E-state index is -0.427. The first-order valence-electron chi connectivity index (χ1n) is 10.0. The van der Waals surface area contributed by atoms with Gasteiger partial charge in [0.2, 0.25) is 0 Å². The van der Waals surface area contributed by atoms with E-state index in [1.165, 1.54) is 18.9 Å². The number of ketones is 1. The molecule has 0 amide bonds. The number of fused-ring (bicyclic) bond motifs is 1. The molecular formula is C25H23BrN2O4S. The number of methoxy groups -OCH3 is 2. The van der Waals surface area contributed by atoms with Gasteiger partial charge in [-0.15, -0.1) is 17.0 Å². The second-order valence-corrected chi connectivity index (χ2v) is 8.04. The number of carbonyl (C=O) groups excluding carboxylic acids is 2. The lowest BCUT2D eigenvalue weighted by atomic mass is 10.1. The normalized spacial score (nSPS) is 10.5. The minimum Gasteiger partial charge on any atom is -0.497 e. The van der Waals surface area contributed by atoms with Crippen LogP contribution in [-0.2, 0) is 11.3 Å². The van der Waals surface area contributed by atoms with Crippen molar-refractivity contribution in [3.63, 3.8) is 0 Å². The predicted molar refractivity (Wildman–Crippen MR) is 135 cm³/mol. The molecule has 0 spiro atoms. The van der Waals surface area contributed by atoms with Crippen molar-refractivity contribution >= 4 is 51.5 Å². The summed E-state index contributed by atoms with van der Waals surface area (Å²) in [5, 5.41) is 0.761. The molecule has 1 heterocycles. The van der Waals surface area contributed by atoms with E-state index in [9.17, 15) is 9.59 Å². The van der Waals surface area contributed by atoms with Crippen molar-refractivity contribution in [2.24, 2.45) is 0 Å². The van der Waals surface area contributed by atoms with Crippen LogP contribution in [0.1, 0.15) is 26.3 Å². The number of hydrogen-bond donors (Lipinski definition) is 0.